The number of amides is 1. The molecule has 0 aromatic heterocycles. The zero-order valence-electron chi connectivity index (χ0n) is 19.4. The quantitative estimate of drug-likeness (QED) is 0.405. The van der Waals surface area contributed by atoms with Crippen LogP contribution in [0, 0.1) is 0 Å². The lowest BCUT2D eigenvalue weighted by molar-refractivity contribution is -0.145. The molecule has 3 aromatic carbocycles. The Morgan fingerprint density at radius 2 is 1.60 bits per heavy atom. The molecule has 0 aliphatic rings. The van der Waals surface area contributed by atoms with Gasteiger partial charge in [0.05, 0.1) is 30.8 Å². The maximum atomic E-state index is 12.9. The molecule has 35 heavy (non-hydrogen) atoms. The third kappa shape index (κ3) is 6.85. The van der Waals surface area contributed by atoms with Gasteiger partial charge in [-0.1, -0.05) is 48.5 Å². The van der Waals surface area contributed by atoms with Crippen LogP contribution in [0.2, 0.25) is 0 Å². The van der Waals surface area contributed by atoms with Crippen LogP contribution in [-0.2, 0) is 28.7 Å². The summed E-state index contributed by atoms with van der Waals surface area (Å²) in [4.78, 5) is 25.5. The highest BCUT2D eigenvalue weighted by atomic mass is 19.4. The van der Waals surface area contributed by atoms with Gasteiger partial charge in [-0.15, -0.1) is 0 Å². The summed E-state index contributed by atoms with van der Waals surface area (Å²) >= 11 is 0. The number of ether oxygens (including phenoxy) is 2. The molecule has 0 heterocycles. The van der Waals surface area contributed by atoms with Gasteiger partial charge in [-0.25, -0.2) is 0 Å². The Balaban J connectivity index is 1.78. The lowest BCUT2D eigenvalue weighted by atomic mass is 9.91. The summed E-state index contributed by atoms with van der Waals surface area (Å²) in [7, 11) is 1.44. The SMILES string of the molecule is CCOC(=O)C(Cc1ccc(OC)c(C(=O)NCc2ccc(C(F)(F)F)cc2)c1)c1ccccc1. The number of methoxy groups -OCH3 is 1. The van der Waals surface area contributed by atoms with Gasteiger partial charge in [0.1, 0.15) is 5.75 Å². The second-order valence-corrected chi connectivity index (χ2v) is 7.83. The predicted molar refractivity (Wildman–Crippen MR) is 125 cm³/mol. The second kappa shape index (κ2) is 11.6. The second-order valence-electron chi connectivity index (χ2n) is 7.83. The highest BCUT2D eigenvalue weighted by Crippen LogP contribution is 2.29. The Bertz CT molecular complexity index is 1150. The molecule has 0 bridgehead atoms. The number of halogens is 3. The summed E-state index contributed by atoms with van der Waals surface area (Å²) in [5.41, 5.74) is 1.56. The molecule has 1 amide bonds. The van der Waals surface area contributed by atoms with E-state index in [9.17, 15) is 22.8 Å². The van der Waals surface area contributed by atoms with Crippen molar-refractivity contribution in [2.45, 2.75) is 32.0 Å². The molecule has 0 radical (unpaired) electrons. The van der Waals surface area contributed by atoms with E-state index in [0.717, 1.165) is 23.3 Å². The maximum absolute atomic E-state index is 12.9. The van der Waals surface area contributed by atoms with Crippen LogP contribution in [0.4, 0.5) is 13.2 Å². The first kappa shape index (κ1) is 25.8. The van der Waals surface area contributed by atoms with Crippen LogP contribution in [0.3, 0.4) is 0 Å². The van der Waals surface area contributed by atoms with E-state index in [1.807, 2.05) is 30.3 Å². The maximum Gasteiger partial charge on any atom is 0.416 e. The summed E-state index contributed by atoms with van der Waals surface area (Å²) in [5.74, 6) is -1.02. The third-order valence-electron chi connectivity index (χ3n) is 5.46. The first-order valence-corrected chi connectivity index (χ1v) is 11.1. The van der Waals surface area contributed by atoms with E-state index >= 15 is 0 Å². The fourth-order valence-electron chi connectivity index (χ4n) is 3.65. The minimum atomic E-state index is -4.42. The lowest BCUT2D eigenvalue weighted by Crippen LogP contribution is -2.24. The van der Waals surface area contributed by atoms with Gasteiger partial charge in [0.25, 0.3) is 5.91 Å². The smallest absolute Gasteiger partial charge is 0.416 e. The molecule has 3 aromatic rings. The topological polar surface area (TPSA) is 64.6 Å². The molecule has 0 fully saturated rings. The highest BCUT2D eigenvalue weighted by Gasteiger charge is 2.30. The molecular formula is C27H26F3NO4. The Morgan fingerprint density at radius 1 is 0.943 bits per heavy atom. The third-order valence-corrected chi connectivity index (χ3v) is 5.46. The Labute approximate surface area is 201 Å². The van der Waals surface area contributed by atoms with Crippen LogP contribution in [-0.4, -0.2) is 25.6 Å². The molecule has 8 heteroatoms. The minimum Gasteiger partial charge on any atom is -0.496 e. The number of hydrogen-bond acceptors (Lipinski definition) is 4. The normalized spacial score (nSPS) is 12.0. The molecule has 0 aliphatic carbocycles. The van der Waals surface area contributed by atoms with Crippen molar-refractivity contribution in [3.63, 3.8) is 0 Å². The van der Waals surface area contributed by atoms with E-state index in [-0.39, 0.29) is 24.7 Å². The van der Waals surface area contributed by atoms with E-state index in [1.54, 1.807) is 25.1 Å². The number of nitrogens with one attached hydrogen (secondary N) is 1. The van der Waals surface area contributed by atoms with Crippen molar-refractivity contribution < 1.29 is 32.2 Å². The van der Waals surface area contributed by atoms with Crippen LogP contribution >= 0.6 is 0 Å². The number of benzene rings is 3. The van der Waals surface area contributed by atoms with Crippen molar-refractivity contribution in [3.05, 3.63) is 101 Å². The van der Waals surface area contributed by atoms with Crippen LogP contribution in [0.5, 0.6) is 5.75 Å². The van der Waals surface area contributed by atoms with E-state index < -0.39 is 23.6 Å². The zero-order chi connectivity index (χ0) is 25.4. The molecule has 1 atom stereocenters. The van der Waals surface area contributed by atoms with Crippen molar-refractivity contribution in [3.8, 4) is 5.75 Å². The molecule has 0 spiro atoms. The predicted octanol–water partition coefficient (Wildman–Crippen LogP) is 5.53. The monoisotopic (exact) mass is 485 g/mol. The van der Waals surface area contributed by atoms with Crippen molar-refractivity contribution in [1.82, 2.24) is 5.32 Å². The number of esters is 1. The fraction of sp³-hybridized carbons (Fsp3) is 0.259. The van der Waals surface area contributed by atoms with Gasteiger partial charge in [-0.2, -0.15) is 13.2 Å². The molecule has 0 aliphatic heterocycles. The first-order chi connectivity index (χ1) is 16.7. The molecule has 5 nitrogen and oxygen atoms in total. The molecule has 3 rings (SSSR count). The summed E-state index contributed by atoms with van der Waals surface area (Å²) < 4.78 is 48.8. The molecular weight excluding hydrogens is 459 g/mol. The standard InChI is InChI=1S/C27H26F3NO4/c1-3-35-26(33)22(20-7-5-4-6-8-20)15-19-11-14-24(34-2)23(16-19)25(32)31-17-18-9-12-21(13-10-18)27(28,29)30/h4-14,16,22H,3,15,17H2,1-2H3,(H,31,32). The van der Waals surface area contributed by atoms with Crippen molar-refractivity contribution >= 4 is 11.9 Å². The van der Waals surface area contributed by atoms with Gasteiger partial charge in [-0.3, -0.25) is 9.59 Å². The Hall–Kier alpha value is -3.81. The van der Waals surface area contributed by atoms with Crippen LogP contribution in [0.25, 0.3) is 0 Å². The first-order valence-electron chi connectivity index (χ1n) is 11.1. The van der Waals surface area contributed by atoms with Crippen molar-refractivity contribution in [2.75, 3.05) is 13.7 Å². The number of hydrogen-bond donors (Lipinski definition) is 1. The molecule has 0 saturated carbocycles. The van der Waals surface area contributed by atoms with Gasteiger partial charge < -0.3 is 14.8 Å². The molecule has 1 N–H and O–H groups in total. The Morgan fingerprint density at radius 3 is 2.20 bits per heavy atom. The largest absolute Gasteiger partial charge is 0.496 e. The summed E-state index contributed by atoms with van der Waals surface area (Å²) in [6, 6.07) is 18.9. The van der Waals surface area contributed by atoms with Gasteiger partial charge in [-0.05, 0) is 54.3 Å². The van der Waals surface area contributed by atoms with Crippen LogP contribution in [0.1, 0.15) is 45.5 Å². The molecule has 1 unspecified atom stereocenters. The van der Waals surface area contributed by atoms with Crippen LogP contribution < -0.4 is 10.1 Å². The number of carbonyl (C=O) groups excluding carboxylic acids is 2. The van der Waals surface area contributed by atoms with Gasteiger partial charge >= 0.3 is 12.1 Å². The summed E-state index contributed by atoms with van der Waals surface area (Å²) in [6.45, 7) is 2.04. The van der Waals surface area contributed by atoms with Gasteiger partial charge in [0, 0.05) is 6.54 Å². The summed E-state index contributed by atoms with van der Waals surface area (Å²) in [5, 5.41) is 2.71. The number of rotatable bonds is 9. The summed E-state index contributed by atoms with van der Waals surface area (Å²) in [6.07, 6.45) is -4.11. The molecule has 184 valence electrons. The average Bonchev–Trinajstić information content (AvgIpc) is 2.86. The van der Waals surface area contributed by atoms with Crippen molar-refractivity contribution in [1.29, 1.82) is 0 Å². The fourth-order valence-corrected chi connectivity index (χ4v) is 3.65. The average molecular weight is 486 g/mol. The van der Waals surface area contributed by atoms with E-state index in [1.165, 1.54) is 19.2 Å². The van der Waals surface area contributed by atoms with Gasteiger partial charge in [0.2, 0.25) is 0 Å². The Kier molecular flexibility index (Phi) is 8.52. The number of carbonyl (C=O) groups is 2. The van der Waals surface area contributed by atoms with Gasteiger partial charge in [0.15, 0.2) is 0 Å². The zero-order valence-corrected chi connectivity index (χ0v) is 19.4. The highest BCUT2D eigenvalue weighted by molar-refractivity contribution is 5.97. The van der Waals surface area contributed by atoms with Crippen LogP contribution in [0.15, 0.2) is 72.8 Å². The minimum absolute atomic E-state index is 0.0415. The lowest BCUT2D eigenvalue weighted by Gasteiger charge is -2.17. The van der Waals surface area contributed by atoms with E-state index in [0.29, 0.717) is 17.7 Å². The number of alkyl halides is 3. The van der Waals surface area contributed by atoms with Crippen molar-refractivity contribution in [2.24, 2.45) is 0 Å². The van der Waals surface area contributed by atoms with E-state index in [2.05, 4.69) is 5.32 Å². The molecule has 0 saturated heterocycles. The van der Waals surface area contributed by atoms with E-state index in [4.69, 9.17) is 9.47 Å².